The molecule has 0 unspecified atom stereocenters. The van der Waals surface area contributed by atoms with Gasteiger partial charge in [-0.3, -0.25) is 19.0 Å². The minimum Gasteiger partial charge on any atom is -0.485 e. The average molecular weight is 804 g/mol. The summed E-state index contributed by atoms with van der Waals surface area (Å²) in [6.07, 6.45) is -0.652. The molecule has 3 aliphatic rings. The Balaban J connectivity index is 1.11. The summed E-state index contributed by atoms with van der Waals surface area (Å²) in [5.74, 6) is -0.430. The summed E-state index contributed by atoms with van der Waals surface area (Å²) in [7, 11) is 0. The highest BCUT2D eigenvalue weighted by atomic mass is 35.5. The number of piperazine rings is 1. The third-order valence-corrected chi connectivity index (χ3v) is 10.8. The third kappa shape index (κ3) is 7.32. The maximum atomic E-state index is 14.5. The Morgan fingerprint density at radius 1 is 1.07 bits per heavy atom. The van der Waals surface area contributed by atoms with E-state index in [2.05, 4.69) is 20.4 Å². The van der Waals surface area contributed by atoms with Crippen molar-refractivity contribution in [2.45, 2.75) is 51.4 Å². The van der Waals surface area contributed by atoms with Crippen LogP contribution in [0.5, 0.6) is 5.75 Å². The second-order valence-electron chi connectivity index (χ2n) is 14.1. The standard InChI is InChI=1S/C39H37ClF3N9O5/c1-22-18-29(35(53)46-28-9-8-26(19-27(28)40)39(41,42)43)51-31(22)32(37(55)52-38(51)47-34(48-52)25-10-16-56-17-11-25)49-12-14-50(15-13-49)36(54)30-33(23(2)44-21-45-30)57-20-24-6-4-3-5-7-24/h3-10,19,21-22,29H,11-18,20H2,1-2H3,(H,46,53)/t22-,29+/m0/s1. The number of aryl methyl sites for hydroxylation is 1. The normalized spacial score (nSPS) is 18.4. The number of hydrogen-bond acceptors (Lipinski definition) is 10. The van der Waals surface area contributed by atoms with Gasteiger partial charge in [0.05, 0.1) is 40.9 Å². The Kier molecular flexibility index (Phi) is 10.2. The van der Waals surface area contributed by atoms with E-state index in [-0.39, 0.29) is 73.2 Å². The second-order valence-corrected chi connectivity index (χ2v) is 14.5. The van der Waals surface area contributed by atoms with Gasteiger partial charge in [-0.15, -0.1) is 5.10 Å². The molecule has 2 aromatic carbocycles. The summed E-state index contributed by atoms with van der Waals surface area (Å²) in [6.45, 7) is 5.74. The summed E-state index contributed by atoms with van der Waals surface area (Å²) in [5, 5.41) is 7.06. The molecule has 8 rings (SSSR count). The molecule has 57 heavy (non-hydrogen) atoms. The highest BCUT2D eigenvalue weighted by Gasteiger charge is 2.41. The third-order valence-electron chi connectivity index (χ3n) is 10.5. The van der Waals surface area contributed by atoms with Crippen molar-refractivity contribution < 1.29 is 32.2 Å². The number of fused-ring (bicyclic) bond motifs is 3. The molecule has 0 radical (unpaired) electrons. The van der Waals surface area contributed by atoms with Crippen molar-refractivity contribution in [2.24, 2.45) is 0 Å². The molecule has 5 aromatic rings. The maximum absolute atomic E-state index is 14.5. The van der Waals surface area contributed by atoms with E-state index in [1.807, 2.05) is 48.2 Å². The number of halogens is 4. The van der Waals surface area contributed by atoms with Gasteiger partial charge in [0.25, 0.3) is 11.5 Å². The van der Waals surface area contributed by atoms with Gasteiger partial charge in [-0.05, 0) is 49.1 Å². The smallest absolute Gasteiger partial charge is 0.416 e. The van der Waals surface area contributed by atoms with Crippen LogP contribution in [-0.4, -0.2) is 85.2 Å². The van der Waals surface area contributed by atoms with E-state index in [1.165, 1.54) is 10.8 Å². The van der Waals surface area contributed by atoms with Crippen molar-refractivity contribution in [1.29, 1.82) is 0 Å². The summed E-state index contributed by atoms with van der Waals surface area (Å²) in [4.78, 5) is 59.4. The van der Waals surface area contributed by atoms with Crippen LogP contribution in [-0.2, 0) is 22.3 Å². The molecule has 0 bridgehead atoms. The number of aromatic nitrogens is 6. The van der Waals surface area contributed by atoms with Crippen molar-refractivity contribution in [3.8, 4) is 5.75 Å². The summed E-state index contributed by atoms with van der Waals surface area (Å²) < 4.78 is 54.5. The van der Waals surface area contributed by atoms with Crippen molar-refractivity contribution in [2.75, 3.05) is 49.6 Å². The quantitative estimate of drug-likeness (QED) is 0.207. The van der Waals surface area contributed by atoms with E-state index in [0.717, 1.165) is 29.3 Å². The Morgan fingerprint density at radius 2 is 1.84 bits per heavy atom. The van der Waals surface area contributed by atoms with Crippen LogP contribution in [0.2, 0.25) is 5.02 Å². The molecule has 2 amide bonds. The molecule has 1 fully saturated rings. The SMILES string of the molecule is Cc1ncnc(C(=O)N2CCN(c3c4n(c5nc(C6=CCOCC6)nn5c3=O)[C@@H](C(=O)Nc3ccc(C(F)(F)F)cc3Cl)C[C@@H]4C)CC2)c1OCc1ccccc1. The fourth-order valence-corrected chi connectivity index (χ4v) is 7.78. The van der Waals surface area contributed by atoms with Gasteiger partial charge in [0.15, 0.2) is 17.3 Å². The number of ether oxygens (including phenoxy) is 2. The van der Waals surface area contributed by atoms with Crippen LogP contribution in [0, 0.1) is 6.92 Å². The van der Waals surface area contributed by atoms with Crippen LogP contribution in [0.3, 0.4) is 0 Å². The van der Waals surface area contributed by atoms with Crippen LogP contribution in [0.4, 0.5) is 24.5 Å². The van der Waals surface area contributed by atoms with Gasteiger partial charge in [0.1, 0.15) is 24.7 Å². The zero-order chi connectivity index (χ0) is 40.0. The Bertz CT molecular complexity index is 2460. The maximum Gasteiger partial charge on any atom is 0.416 e. The van der Waals surface area contributed by atoms with Crippen LogP contribution >= 0.6 is 11.6 Å². The van der Waals surface area contributed by atoms with E-state index < -0.39 is 29.2 Å². The van der Waals surface area contributed by atoms with E-state index in [0.29, 0.717) is 48.3 Å². The molecule has 1 N–H and O–H groups in total. The van der Waals surface area contributed by atoms with E-state index in [4.69, 9.17) is 26.1 Å². The lowest BCUT2D eigenvalue weighted by molar-refractivity contribution is -0.137. The fraction of sp³-hybridized carbons (Fsp3) is 0.359. The predicted octanol–water partition coefficient (Wildman–Crippen LogP) is 5.69. The first-order chi connectivity index (χ1) is 27.4. The first kappa shape index (κ1) is 38.1. The minimum absolute atomic E-state index is 0.0101. The number of alkyl halides is 3. The first-order valence-corrected chi connectivity index (χ1v) is 18.8. The molecule has 1 saturated heterocycles. The number of amides is 2. The van der Waals surface area contributed by atoms with Crippen molar-refractivity contribution in [3.63, 3.8) is 0 Å². The number of nitrogens with zero attached hydrogens (tertiary/aromatic N) is 8. The molecule has 6 heterocycles. The molecule has 14 nitrogen and oxygen atoms in total. The molecule has 0 spiro atoms. The average Bonchev–Trinajstić information content (AvgIpc) is 3.81. The van der Waals surface area contributed by atoms with E-state index >= 15 is 0 Å². The number of anilines is 2. The summed E-state index contributed by atoms with van der Waals surface area (Å²) in [6, 6.07) is 11.3. The van der Waals surface area contributed by atoms with Crippen LogP contribution in [0.25, 0.3) is 11.4 Å². The van der Waals surface area contributed by atoms with Gasteiger partial charge < -0.3 is 24.6 Å². The van der Waals surface area contributed by atoms with Gasteiger partial charge in [-0.2, -0.15) is 22.7 Å². The molecule has 3 aromatic heterocycles. The lowest BCUT2D eigenvalue weighted by Crippen LogP contribution is -2.51. The minimum atomic E-state index is -4.61. The highest BCUT2D eigenvalue weighted by molar-refractivity contribution is 6.33. The van der Waals surface area contributed by atoms with Gasteiger partial charge in [-0.25, -0.2) is 9.97 Å². The van der Waals surface area contributed by atoms with Crippen molar-refractivity contribution in [1.82, 2.24) is 34.0 Å². The molecule has 2 atom stereocenters. The largest absolute Gasteiger partial charge is 0.485 e. The van der Waals surface area contributed by atoms with Crippen molar-refractivity contribution in [3.05, 3.63) is 110 Å². The molecular weight excluding hydrogens is 767 g/mol. The van der Waals surface area contributed by atoms with Crippen LogP contribution in [0.15, 0.2) is 65.7 Å². The zero-order valence-electron chi connectivity index (χ0n) is 30.9. The Hall–Kier alpha value is -5.81. The monoisotopic (exact) mass is 803 g/mol. The molecule has 296 valence electrons. The molecule has 0 aliphatic carbocycles. The number of benzene rings is 2. The number of carbonyl (C=O) groups is 2. The predicted molar refractivity (Wildman–Crippen MR) is 203 cm³/mol. The van der Waals surface area contributed by atoms with Gasteiger partial charge in [-0.1, -0.05) is 54.9 Å². The van der Waals surface area contributed by atoms with Crippen LogP contribution < -0.4 is 20.5 Å². The molecule has 0 saturated carbocycles. The Labute approximate surface area is 328 Å². The summed E-state index contributed by atoms with van der Waals surface area (Å²) in [5.41, 5.74) is 1.91. The Morgan fingerprint density at radius 3 is 2.54 bits per heavy atom. The molecule has 18 heteroatoms. The fourth-order valence-electron chi connectivity index (χ4n) is 7.55. The van der Waals surface area contributed by atoms with Gasteiger partial charge >= 0.3 is 6.18 Å². The number of rotatable bonds is 8. The van der Waals surface area contributed by atoms with E-state index in [9.17, 15) is 27.6 Å². The number of carbonyl (C=O) groups excluding carboxylic acids is 2. The van der Waals surface area contributed by atoms with Gasteiger partial charge in [0, 0.05) is 32.1 Å². The van der Waals surface area contributed by atoms with Gasteiger partial charge in [0.2, 0.25) is 11.7 Å². The molecule has 3 aliphatic heterocycles. The van der Waals surface area contributed by atoms with Crippen molar-refractivity contribution >= 4 is 46.1 Å². The topological polar surface area (TPSA) is 149 Å². The molecular formula is C39H37ClF3N9O5. The van der Waals surface area contributed by atoms with E-state index in [1.54, 1.807) is 16.4 Å². The lowest BCUT2D eigenvalue weighted by Gasteiger charge is -2.36. The highest BCUT2D eigenvalue weighted by Crippen LogP contribution is 2.42. The first-order valence-electron chi connectivity index (χ1n) is 18.4. The summed E-state index contributed by atoms with van der Waals surface area (Å²) >= 11 is 6.22. The zero-order valence-corrected chi connectivity index (χ0v) is 31.7. The second kappa shape index (κ2) is 15.3. The van der Waals surface area contributed by atoms with Crippen LogP contribution in [0.1, 0.15) is 70.6 Å². The number of nitrogens with one attached hydrogen (secondary N) is 1. The lowest BCUT2D eigenvalue weighted by atomic mass is 10.0. The number of hydrogen-bond donors (Lipinski definition) is 1.